The average Bonchev–Trinajstić information content (AvgIpc) is 2.09. The molecule has 1 aromatic heterocycles. The van der Waals surface area contributed by atoms with Gasteiger partial charge in [0.25, 0.3) is 0 Å². The number of anilines is 1. The van der Waals surface area contributed by atoms with E-state index in [1.807, 2.05) is 6.92 Å². The van der Waals surface area contributed by atoms with Gasteiger partial charge in [-0.25, -0.2) is 9.97 Å². The van der Waals surface area contributed by atoms with E-state index in [9.17, 15) is 0 Å². The van der Waals surface area contributed by atoms with Crippen molar-refractivity contribution in [2.24, 2.45) is 0 Å². The molecule has 1 aromatic rings. The molecule has 1 heterocycles. The fourth-order valence-electron chi connectivity index (χ4n) is 0.851. The summed E-state index contributed by atoms with van der Waals surface area (Å²) in [5.74, 6) is 0.905. The maximum Gasteiger partial charge on any atom is 0.220 e. The van der Waals surface area contributed by atoms with Gasteiger partial charge in [0.1, 0.15) is 6.61 Å². The summed E-state index contributed by atoms with van der Waals surface area (Å²) in [5.41, 5.74) is 6.12. The Morgan fingerprint density at radius 1 is 1.46 bits per heavy atom. The zero-order valence-corrected chi connectivity index (χ0v) is 7.78. The second kappa shape index (κ2) is 4.61. The number of nitrogens with zero attached hydrogens (tertiary/aromatic N) is 2. The maximum absolute atomic E-state index is 5.38. The monoisotopic (exact) mass is 183 g/mol. The predicted octanol–water partition coefficient (Wildman–Crippen LogP) is 0.392. The van der Waals surface area contributed by atoms with E-state index in [0.717, 1.165) is 5.69 Å². The van der Waals surface area contributed by atoms with Crippen molar-refractivity contribution in [2.75, 3.05) is 26.1 Å². The van der Waals surface area contributed by atoms with Gasteiger partial charge in [-0.3, -0.25) is 0 Å². The van der Waals surface area contributed by atoms with Crippen molar-refractivity contribution < 1.29 is 9.47 Å². The number of hydrogen-bond acceptors (Lipinski definition) is 5. The van der Waals surface area contributed by atoms with Crippen molar-refractivity contribution >= 4 is 5.95 Å². The fourth-order valence-corrected chi connectivity index (χ4v) is 0.851. The Morgan fingerprint density at radius 3 is 2.85 bits per heavy atom. The summed E-state index contributed by atoms with van der Waals surface area (Å²) < 4.78 is 10.2. The molecule has 2 N–H and O–H groups in total. The first-order chi connectivity index (χ1) is 6.24. The van der Waals surface area contributed by atoms with Gasteiger partial charge >= 0.3 is 0 Å². The zero-order chi connectivity index (χ0) is 9.68. The minimum atomic E-state index is 0.261. The topological polar surface area (TPSA) is 70.3 Å². The van der Waals surface area contributed by atoms with E-state index in [2.05, 4.69) is 9.97 Å². The number of aromatic nitrogens is 2. The van der Waals surface area contributed by atoms with Crippen molar-refractivity contribution in [3.05, 3.63) is 11.9 Å². The van der Waals surface area contributed by atoms with Crippen LogP contribution < -0.4 is 10.5 Å². The summed E-state index contributed by atoms with van der Waals surface area (Å²) in [6.45, 7) is 2.86. The lowest BCUT2D eigenvalue weighted by Crippen LogP contribution is -2.07. The van der Waals surface area contributed by atoms with Crippen molar-refractivity contribution in [3.8, 4) is 5.75 Å². The number of aryl methyl sites for hydroxylation is 1. The third-order valence-corrected chi connectivity index (χ3v) is 1.50. The highest BCUT2D eigenvalue weighted by Gasteiger charge is 2.01. The molecule has 0 radical (unpaired) electrons. The van der Waals surface area contributed by atoms with Crippen LogP contribution in [-0.4, -0.2) is 30.3 Å². The standard InChI is InChI=1S/C8H13N3O2/c1-6-7(13-4-3-12-2)5-10-8(9)11-6/h5H,3-4H2,1-2H3,(H2,9,10,11). The number of nitrogen functional groups attached to an aromatic ring is 1. The highest BCUT2D eigenvalue weighted by molar-refractivity contribution is 5.28. The van der Waals surface area contributed by atoms with E-state index < -0.39 is 0 Å². The number of ether oxygens (including phenoxy) is 2. The molecule has 0 fully saturated rings. The first kappa shape index (κ1) is 9.73. The lowest BCUT2D eigenvalue weighted by atomic mass is 10.4. The molecule has 0 bridgehead atoms. The second-order valence-electron chi connectivity index (χ2n) is 2.52. The van der Waals surface area contributed by atoms with Gasteiger partial charge in [-0.15, -0.1) is 0 Å². The van der Waals surface area contributed by atoms with Crippen LogP contribution in [0.25, 0.3) is 0 Å². The number of nitrogens with two attached hydrogens (primary N) is 1. The Kier molecular flexibility index (Phi) is 3.45. The average molecular weight is 183 g/mol. The van der Waals surface area contributed by atoms with Crippen LogP contribution in [0.2, 0.25) is 0 Å². The molecule has 0 unspecified atom stereocenters. The van der Waals surface area contributed by atoms with Crippen molar-refractivity contribution in [1.29, 1.82) is 0 Å². The quantitative estimate of drug-likeness (QED) is 0.684. The van der Waals surface area contributed by atoms with Gasteiger partial charge in [0.15, 0.2) is 5.75 Å². The van der Waals surface area contributed by atoms with E-state index in [0.29, 0.717) is 19.0 Å². The molecule has 5 nitrogen and oxygen atoms in total. The molecule has 1 rings (SSSR count). The van der Waals surface area contributed by atoms with Crippen molar-refractivity contribution in [2.45, 2.75) is 6.92 Å². The molecule has 0 aliphatic rings. The largest absolute Gasteiger partial charge is 0.488 e. The summed E-state index contributed by atoms with van der Waals surface area (Å²) in [7, 11) is 1.62. The van der Waals surface area contributed by atoms with E-state index in [-0.39, 0.29) is 5.95 Å². The lowest BCUT2D eigenvalue weighted by Gasteiger charge is -2.06. The molecule has 0 spiro atoms. The smallest absolute Gasteiger partial charge is 0.220 e. The minimum absolute atomic E-state index is 0.261. The van der Waals surface area contributed by atoms with Gasteiger partial charge in [0.05, 0.1) is 18.5 Å². The zero-order valence-electron chi connectivity index (χ0n) is 7.78. The molecule has 5 heteroatoms. The van der Waals surface area contributed by atoms with Crippen LogP contribution in [-0.2, 0) is 4.74 Å². The third kappa shape index (κ3) is 2.87. The van der Waals surface area contributed by atoms with Crippen LogP contribution in [0.15, 0.2) is 6.20 Å². The molecule has 13 heavy (non-hydrogen) atoms. The SMILES string of the molecule is COCCOc1cnc(N)nc1C. The molecule has 0 aromatic carbocycles. The Labute approximate surface area is 76.9 Å². The van der Waals surface area contributed by atoms with Crippen LogP contribution in [0, 0.1) is 6.92 Å². The molecule has 0 saturated carbocycles. The van der Waals surface area contributed by atoms with E-state index in [1.54, 1.807) is 13.3 Å². The van der Waals surface area contributed by atoms with Crippen LogP contribution in [0.3, 0.4) is 0 Å². The Bertz CT molecular complexity index is 278. The van der Waals surface area contributed by atoms with Crippen LogP contribution in [0.1, 0.15) is 5.69 Å². The number of rotatable bonds is 4. The molecule has 0 saturated heterocycles. The van der Waals surface area contributed by atoms with Crippen LogP contribution >= 0.6 is 0 Å². The minimum Gasteiger partial charge on any atom is -0.488 e. The Morgan fingerprint density at radius 2 is 2.23 bits per heavy atom. The Balaban J connectivity index is 2.56. The van der Waals surface area contributed by atoms with Crippen LogP contribution in [0.4, 0.5) is 5.95 Å². The molecule has 0 aliphatic carbocycles. The lowest BCUT2D eigenvalue weighted by molar-refractivity contribution is 0.145. The molecule has 0 atom stereocenters. The van der Waals surface area contributed by atoms with Gasteiger partial charge in [-0.05, 0) is 6.92 Å². The van der Waals surface area contributed by atoms with Gasteiger partial charge in [0.2, 0.25) is 5.95 Å². The highest BCUT2D eigenvalue weighted by Crippen LogP contribution is 2.13. The number of hydrogen-bond donors (Lipinski definition) is 1. The molecule has 0 aliphatic heterocycles. The van der Waals surface area contributed by atoms with Gasteiger partial charge in [0, 0.05) is 7.11 Å². The van der Waals surface area contributed by atoms with Gasteiger partial charge in [-0.2, -0.15) is 0 Å². The molecule has 72 valence electrons. The Hall–Kier alpha value is -1.36. The summed E-state index contributed by atoms with van der Waals surface area (Å²) in [6.07, 6.45) is 1.56. The highest BCUT2D eigenvalue weighted by atomic mass is 16.5. The molecular formula is C8H13N3O2. The van der Waals surface area contributed by atoms with E-state index in [1.165, 1.54) is 0 Å². The fraction of sp³-hybridized carbons (Fsp3) is 0.500. The summed E-state index contributed by atoms with van der Waals surface area (Å²) in [4.78, 5) is 7.77. The molecule has 0 amide bonds. The van der Waals surface area contributed by atoms with E-state index in [4.69, 9.17) is 15.2 Å². The van der Waals surface area contributed by atoms with Gasteiger partial charge < -0.3 is 15.2 Å². The van der Waals surface area contributed by atoms with Crippen molar-refractivity contribution in [3.63, 3.8) is 0 Å². The molecular weight excluding hydrogens is 170 g/mol. The second-order valence-corrected chi connectivity index (χ2v) is 2.52. The first-order valence-corrected chi connectivity index (χ1v) is 3.95. The first-order valence-electron chi connectivity index (χ1n) is 3.95. The maximum atomic E-state index is 5.38. The van der Waals surface area contributed by atoms with Gasteiger partial charge in [-0.1, -0.05) is 0 Å². The van der Waals surface area contributed by atoms with Crippen LogP contribution in [0.5, 0.6) is 5.75 Å². The van der Waals surface area contributed by atoms with E-state index >= 15 is 0 Å². The van der Waals surface area contributed by atoms with Crippen molar-refractivity contribution in [1.82, 2.24) is 9.97 Å². The summed E-state index contributed by atoms with van der Waals surface area (Å²) >= 11 is 0. The summed E-state index contributed by atoms with van der Waals surface area (Å²) in [5, 5.41) is 0. The number of methoxy groups -OCH3 is 1. The third-order valence-electron chi connectivity index (χ3n) is 1.50. The predicted molar refractivity (Wildman–Crippen MR) is 48.6 cm³/mol. The summed E-state index contributed by atoms with van der Waals surface area (Å²) in [6, 6.07) is 0. The normalized spacial score (nSPS) is 10.0.